The van der Waals surface area contributed by atoms with E-state index in [-0.39, 0.29) is 5.02 Å². The third kappa shape index (κ3) is 3.00. The van der Waals surface area contributed by atoms with Crippen LogP contribution in [-0.2, 0) is 10.1 Å². The second-order valence-corrected chi connectivity index (χ2v) is 4.41. The molecule has 0 bridgehead atoms. The van der Waals surface area contributed by atoms with Crippen LogP contribution >= 0.6 is 11.6 Å². The molecule has 0 aliphatic rings. The number of halogens is 4. The van der Waals surface area contributed by atoms with Crippen molar-refractivity contribution in [2.75, 3.05) is 0 Å². The molecule has 0 aromatic heterocycles. The van der Waals surface area contributed by atoms with Crippen molar-refractivity contribution < 1.29 is 25.8 Å². The Morgan fingerprint density at radius 3 is 2.00 bits per heavy atom. The Morgan fingerprint density at radius 2 is 1.60 bits per heavy atom. The number of hydrogen-bond acceptors (Lipinski definition) is 3. The lowest BCUT2D eigenvalue weighted by Gasteiger charge is -2.08. The fourth-order valence-electron chi connectivity index (χ4n) is 0.664. The highest BCUT2D eigenvalue weighted by molar-refractivity contribution is 7.87. The first-order valence-electron chi connectivity index (χ1n) is 3.49. The standard InChI is InChI=1S/C7H4ClF3O3S/c8-5-1-3-6(4-2-5)14-15(12,13)7(9,10)11/h1-4H/i1+1,2+1,3+1,4+1,5+1,6+1. The van der Waals surface area contributed by atoms with Crippen molar-refractivity contribution in [1.29, 1.82) is 0 Å². The second-order valence-electron chi connectivity index (χ2n) is 2.44. The number of rotatable bonds is 2. The van der Waals surface area contributed by atoms with E-state index in [0.29, 0.717) is 0 Å². The van der Waals surface area contributed by atoms with Crippen LogP contribution in [0.3, 0.4) is 0 Å². The molecule has 0 unspecified atom stereocenters. The van der Waals surface area contributed by atoms with E-state index in [9.17, 15) is 21.6 Å². The Bertz CT molecular complexity index is 438. The van der Waals surface area contributed by atoms with E-state index in [0.717, 1.165) is 12.1 Å². The molecule has 0 fully saturated rings. The molecule has 8 heteroatoms. The molecule has 0 spiro atoms. The fraction of sp³-hybridized carbons (Fsp3) is 0.143. The van der Waals surface area contributed by atoms with E-state index in [2.05, 4.69) is 4.18 Å². The third-order valence-electron chi connectivity index (χ3n) is 1.30. The maximum absolute atomic E-state index is 11.9. The van der Waals surface area contributed by atoms with E-state index in [4.69, 9.17) is 11.6 Å². The van der Waals surface area contributed by atoms with E-state index >= 15 is 0 Å². The molecule has 0 amide bonds. The summed E-state index contributed by atoms with van der Waals surface area (Å²) >= 11 is 5.45. The van der Waals surface area contributed by atoms with Crippen molar-refractivity contribution in [3.05, 3.63) is 29.3 Å². The van der Waals surface area contributed by atoms with Crippen molar-refractivity contribution in [3.8, 4) is 5.75 Å². The van der Waals surface area contributed by atoms with E-state index in [1.54, 1.807) is 0 Å². The average molecular weight is 267 g/mol. The minimum atomic E-state index is -5.61. The van der Waals surface area contributed by atoms with Gasteiger partial charge in [-0.3, -0.25) is 0 Å². The quantitative estimate of drug-likeness (QED) is 0.610. The number of hydrogen-bond donors (Lipinski definition) is 0. The van der Waals surface area contributed by atoms with Crippen LogP contribution < -0.4 is 4.18 Å². The van der Waals surface area contributed by atoms with Gasteiger partial charge < -0.3 is 4.18 Å². The highest BCUT2D eigenvalue weighted by atomic mass is 35.5. The first-order valence-corrected chi connectivity index (χ1v) is 5.27. The van der Waals surface area contributed by atoms with Crippen LogP contribution in [0.5, 0.6) is 5.75 Å². The van der Waals surface area contributed by atoms with E-state index < -0.39 is 21.4 Å². The number of benzene rings is 1. The SMILES string of the molecule is O=S(=O)(O[13c]1[13cH][13cH][13c](Cl)[13cH][13cH]1)C(F)(F)F. The zero-order valence-corrected chi connectivity index (χ0v) is 8.53. The lowest BCUT2D eigenvalue weighted by molar-refractivity contribution is -0.0500. The summed E-state index contributed by atoms with van der Waals surface area (Å²) in [5.41, 5.74) is -5.44. The lowest BCUT2D eigenvalue weighted by atomic mass is 11.3. The zero-order valence-electron chi connectivity index (χ0n) is 6.95. The summed E-state index contributed by atoms with van der Waals surface area (Å²) < 4.78 is 60.4. The molecule has 3 nitrogen and oxygen atoms in total. The van der Waals surface area contributed by atoms with E-state index in [1.807, 2.05) is 0 Å². The maximum Gasteiger partial charge on any atom is 0.534 e. The average Bonchev–Trinajstić information content (AvgIpc) is 2.06. The van der Waals surface area contributed by atoms with Crippen molar-refractivity contribution >= 4 is 21.7 Å². The molecular weight excluding hydrogens is 263 g/mol. The molecule has 1 aromatic carbocycles. The molecule has 1 aromatic rings. The monoisotopic (exact) mass is 266 g/mol. The number of alkyl halides is 3. The molecule has 0 heterocycles. The van der Waals surface area contributed by atoms with Gasteiger partial charge in [0.25, 0.3) is 0 Å². The van der Waals surface area contributed by atoms with Crippen molar-refractivity contribution in [2.45, 2.75) is 5.51 Å². The largest absolute Gasteiger partial charge is 0.534 e. The van der Waals surface area contributed by atoms with Gasteiger partial charge in [0.1, 0.15) is 5.75 Å². The summed E-state index contributed by atoms with van der Waals surface area (Å²) in [5, 5.41) is 0.256. The van der Waals surface area contributed by atoms with Crippen LogP contribution in [0.1, 0.15) is 0 Å². The van der Waals surface area contributed by atoms with Crippen LogP contribution in [0.2, 0.25) is 5.02 Å². The molecule has 1 rings (SSSR count). The van der Waals surface area contributed by atoms with Crippen LogP contribution in [0, 0.1) is 0 Å². The van der Waals surface area contributed by atoms with Crippen molar-refractivity contribution in [2.24, 2.45) is 0 Å². The van der Waals surface area contributed by atoms with Crippen molar-refractivity contribution in [3.63, 3.8) is 0 Å². The molecule has 0 atom stereocenters. The minimum absolute atomic E-state index is 0.256. The summed E-state index contributed by atoms with van der Waals surface area (Å²) in [5.74, 6) is -0.447. The molecule has 0 aliphatic carbocycles. The fourth-order valence-corrected chi connectivity index (χ4v) is 1.25. The molecule has 15 heavy (non-hydrogen) atoms. The summed E-state index contributed by atoms with van der Waals surface area (Å²) in [4.78, 5) is 0. The second kappa shape index (κ2) is 3.90. The first-order chi connectivity index (χ1) is 6.72. The normalized spacial score (nSPS) is 12.5. The van der Waals surface area contributed by atoms with Crippen LogP contribution in [0.4, 0.5) is 13.2 Å². The van der Waals surface area contributed by atoms with Crippen LogP contribution in [0.25, 0.3) is 0 Å². The molecular formula is C7H4ClF3O3S. The molecule has 0 saturated heterocycles. The zero-order chi connectivity index (χ0) is 11.7. The highest BCUT2D eigenvalue weighted by Crippen LogP contribution is 2.27. The predicted molar refractivity (Wildman–Crippen MR) is 47.1 cm³/mol. The smallest absolute Gasteiger partial charge is 0.376 e. The first kappa shape index (κ1) is 12.1. The summed E-state index contributed by atoms with van der Waals surface area (Å²) in [7, 11) is -5.61. The van der Waals surface area contributed by atoms with Gasteiger partial charge in [0.05, 0.1) is 0 Å². The Kier molecular flexibility index (Phi) is 3.15. The summed E-state index contributed by atoms with van der Waals surface area (Å²) in [6, 6.07) is 4.46. The minimum Gasteiger partial charge on any atom is -0.376 e. The maximum atomic E-state index is 11.9. The molecule has 0 N–H and O–H groups in total. The predicted octanol–water partition coefficient (Wildman–Crippen LogP) is 2.57. The van der Waals surface area contributed by atoms with Gasteiger partial charge in [0, 0.05) is 5.02 Å². The van der Waals surface area contributed by atoms with E-state index in [1.165, 1.54) is 12.1 Å². The summed E-state index contributed by atoms with van der Waals surface area (Å²) in [6.45, 7) is 0. The molecule has 0 saturated carbocycles. The molecule has 84 valence electrons. The lowest BCUT2D eigenvalue weighted by Crippen LogP contribution is -2.27. The highest BCUT2D eigenvalue weighted by Gasteiger charge is 2.48. The van der Waals surface area contributed by atoms with Gasteiger partial charge in [0.2, 0.25) is 0 Å². The Hall–Kier alpha value is -0.950. The van der Waals surface area contributed by atoms with Gasteiger partial charge >= 0.3 is 15.6 Å². The Labute approximate surface area is 88.5 Å². The topological polar surface area (TPSA) is 43.4 Å². The summed E-state index contributed by atoms with van der Waals surface area (Å²) in [6.07, 6.45) is 0. The van der Waals surface area contributed by atoms with Crippen molar-refractivity contribution in [1.82, 2.24) is 0 Å². The Morgan fingerprint density at radius 1 is 1.13 bits per heavy atom. The van der Waals surface area contributed by atoms with Crippen LogP contribution in [-0.4, -0.2) is 13.9 Å². The Balaban J connectivity index is 2.93. The van der Waals surface area contributed by atoms with Gasteiger partial charge in [0.15, 0.2) is 0 Å². The molecule has 0 radical (unpaired) electrons. The third-order valence-corrected chi connectivity index (χ3v) is 2.53. The van der Waals surface area contributed by atoms with Gasteiger partial charge in [-0.2, -0.15) is 21.6 Å². The van der Waals surface area contributed by atoms with Gasteiger partial charge in [-0.05, 0) is 24.3 Å². The van der Waals surface area contributed by atoms with Gasteiger partial charge in [-0.25, -0.2) is 0 Å². The van der Waals surface area contributed by atoms with Gasteiger partial charge in [-0.1, -0.05) is 11.6 Å². The molecule has 0 aliphatic heterocycles. The van der Waals surface area contributed by atoms with Crippen LogP contribution in [0.15, 0.2) is 24.3 Å². The van der Waals surface area contributed by atoms with Gasteiger partial charge in [-0.15, -0.1) is 0 Å².